The van der Waals surface area contributed by atoms with Gasteiger partial charge in [0.05, 0.1) is 11.3 Å². The van der Waals surface area contributed by atoms with Gasteiger partial charge < -0.3 is 5.32 Å². The molecule has 0 saturated carbocycles. The summed E-state index contributed by atoms with van der Waals surface area (Å²) in [5, 5.41) is 13.4. The zero-order chi connectivity index (χ0) is 20.4. The van der Waals surface area contributed by atoms with Crippen molar-refractivity contribution in [1.29, 1.82) is 0 Å². The minimum atomic E-state index is -0.00765. The molecule has 0 aliphatic carbocycles. The van der Waals surface area contributed by atoms with Crippen LogP contribution in [-0.4, -0.2) is 37.3 Å². The van der Waals surface area contributed by atoms with E-state index in [2.05, 4.69) is 53.6 Å². The molecule has 7 heteroatoms. The first-order valence-corrected chi connectivity index (χ1v) is 10.7. The van der Waals surface area contributed by atoms with E-state index in [0.29, 0.717) is 5.16 Å². The number of benzene rings is 2. The molecule has 0 bridgehead atoms. The van der Waals surface area contributed by atoms with Crippen molar-refractivity contribution in [2.24, 2.45) is 0 Å². The molecule has 0 unspecified atom stereocenters. The molecular formula is C22H23N5OS. The van der Waals surface area contributed by atoms with Crippen molar-refractivity contribution in [2.75, 3.05) is 5.75 Å². The maximum atomic E-state index is 12.2. The van der Waals surface area contributed by atoms with Gasteiger partial charge in [-0.15, -0.1) is 10.2 Å². The lowest BCUT2D eigenvalue weighted by molar-refractivity contribution is -0.119. The Morgan fingerprint density at radius 2 is 1.90 bits per heavy atom. The Morgan fingerprint density at radius 1 is 1.14 bits per heavy atom. The van der Waals surface area contributed by atoms with Crippen LogP contribution in [-0.2, 0) is 4.79 Å². The van der Waals surface area contributed by atoms with Crippen LogP contribution in [0.5, 0.6) is 0 Å². The van der Waals surface area contributed by atoms with Crippen LogP contribution in [0.1, 0.15) is 25.8 Å². The second-order valence-corrected chi connectivity index (χ2v) is 8.07. The van der Waals surface area contributed by atoms with Gasteiger partial charge in [0, 0.05) is 17.0 Å². The Labute approximate surface area is 173 Å². The molecule has 1 N–H and O–H groups in total. The highest BCUT2D eigenvalue weighted by molar-refractivity contribution is 7.99. The van der Waals surface area contributed by atoms with Gasteiger partial charge in [-0.1, -0.05) is 60.6 Å². The maximum Gasteiger partial charge on any atom is 0.230 e. The van der Waals surface area contributed by atoms with E-state index < -0.39 is 0 Å². The van der Waals surface area contributed by atoms with Crippen LogP contribution in [0, 0.1) is 6.92 Å². The number of amides is 1. The number of aromatic nitrogens is 4. The average molecular weight is 406 g/mol. The Kier molecular flexibility index (Phi) is 5.49. The first-order chi connectivity index (χ1) is 14.1. The molecule has 29 heavy (non-hydrogen) atoms. The third-order valence-corrected chi connectivity index (χ3v) is 5.81. The van der Waals surface area contributed by atoms with Crippen molar-refractivity contribution in [3.8, 4) is 11.4 Å². The number of nitrogens with one attached hydrogen (secondary N) is 1. The smallest absolute Gasteiger partial charge is 0.230 e. The van der Waals surface area contributed by atoms with Gasteiger partial charge in [-0.25, -0.2) is 4.98 Å². The van der Waals surface area contributed by atoms with Crippen molar-refractivity contribution < 1.29 is 4.79 Å². The molecule has 0 fully saturated rings. The summed E-state index contributed by atoms with van der Waals surface area (Å²) in [6.07, 6.45) is 0.901. The molecule has 0 spiro atoms. The van der Waals surface area contributed by atoms with Crippen LogP contribution in [0.15, 0.2) is 53.7 Å². The summed E-state index contributed by atoms with van der Waals surface area (Å²) in [7, 11) is 0. The quantitative estimate of drug-likeness (QED) is 0.485. The molecule has 0 aliphatic rings. The number of hydrogen-bond acceptors (Lipinski definition) is 5. The van der Waals surface area contributed by atoms with Crippen LogP contribution >= 0.6 is 11.8 Å². The minimum Gasteiger partial charge on any atom is -0.353 e. The zero-order valence-corrected chi connectivity index (χ0v) is 17.5. The summed E-state index contributed by atoms with van der Waals surface area (Å²) in [4.78, 5) is 17.1. The molecular weight excluding hydrogens is 382 g/mol. The summed E-state index contributed by atoms with van der Waals surface area (Å²) in [5.41, 5.74) is 3.79. The van der Waals surface area contributed by atoms with Crippen molar-refractivity contribution in [3.05, 3.63) is 54.1 Å². The molecule has 148 valence electrons. The van der Waals surface area contributed by atoms with E-state index >= 15 is 0 Å². The third kappa shape index (κ3) is 3.96. The van der Waals surface area contributed by atoms with E-state index in [9.17, 15) is 4.79 Å². The van der Waals surface area contributed by atoms with Crippen LogP contribution in [0.4, 0.5) is 0 Å². The molecule has 1 amide bonds. The van der Waals surface area contributed by atoms with E-state index in [1.807, 2.05) is 35.6 Å². The molecule has 1 atom stereocenters. The third-order valence-electron chi connectivity index (χ3n) is 4.88. The lowest BCUT2D eigenvalue weighted by Gasteiger charge is -2.11. The number of aryl methyl sites for hydroxylation is 1. The molecule has 2 aromatic carbocycles. The Balaban J connectivity index is 1.79. The van der Waals surface area contributed by atoms with Gasteiger partial charge in [-0.3, -0.25) is 9.20 Å². The van der Waals surface area contributed by atoms with Gasteiger partial charge in [0.25, 0.3) is 0 Å². The number of rotatable bonds is 6. The fraction of sp³-hybridized carbons (Fsp3) is 0.273. The highest BCUT2D eigenvalue weighted by Crippen LogP contribution is 2.29. The Morgan fingerprint density at radius 3 is 2.66 bits per heavy atom. The van der Waals surface area contributed by atoms with Crippen LogP contribution in [0.3, 0.4) is 0 Å². The second kappa shape index (κ2) is 8.21. The maximum absolute atomic E-state index is 12.2. The van der Waals surface area contributed by atoms with E-state index in [4.69, 9.17) is 4.98 Å². The Bertz CT molecular complexity index is 1170. The van der Waals surface area contributed by atoms with Crippen molar-refractivity contribution in [1.82, 2.24) is 24.9 Å². The van der Waals surface area contributed by atoms with Crippen LogP contribution < -0.4 is 5.32 Å². The standard InChI is InChI=1S/C22H23N5OS/c1-4-15(3)23-19(28)13-29-22-26-25-21-17-7-5-6-8-18(17)24-20(27(21)22)16-11-9-14(2)10-12-16/h5-12,15H,4,13H2,1-3H3,(H,23,28)/t15-/m0/s1. The van der Waals surface area contributed by atoms with Gasteiger partial charge in [0.1, 0.15) is 5.82 Å². The first kappa shape index (κ1) is 19.4. The van der Waals surface area contributed by atoms with Crippen molar-refractivity contribution in [2.45, 2.75) is 38.4 Å². The molecule has 4 rings (SSSR count). The first-order valence-electron chi connectivity index (χ1n) is 9.70. The van der Waals surface area contributed by atoms with E-state index in [0.717, 1.165) is 34.4 Å². The largest absolute Gasteiger partial charge is 0.353 e. The van der Waals surface area contributed by atoms with Gasteiger partial charge >= 0.3 is 0 Å². The zero-order valence-electron chi connectivity index (χ0n) is 16.7. The number of nitrogens with zero attached hydrogens (tertiary/aromatic N) is 4. The number of hydrogen-bond donors (Lipinski definition) is 1. The average Bonchev–Trinajstić information content (AvgIpc) is 3.16. The topological polar surface area (TPSA) is 72.2 Å². The number of thioether (sulfide) groups is 1. The normalized spacial score (nSPS) is 12.4. The summed E-state index contributed by atoms with van der Waals surface area (Å²) in [5.74, 6) is 1.05. The van der Waals surface area contributed by atoms with E-state index in [1.54, 1.807) is 0 Å². The van der Waals surface area contributed by atoms with Crippen LogP contribution in [0.25, 0.3) is 27.9 Å². The molecule has 2 heterocycles. The summed E-state index contributed by atoms with van der Waals surface area (Å²) in [6.45, 7) is 6.11. The van der Waals surface area contributed by atoms with Gasteiger partial charge in [0.2, 0.25) is 5.91 Å². The van der Waals surface area contributed by atoms with Gasteiger partial charge in [0.15, 0.2) is 10.8 Å². The SMILES string of the molecule is CC[C@H](C)NC(=O)CSc1nnc2c3ccccc3nc(-c3ccc(C)cc3)n12. The summed E-state index contributed by atoms with van der Waals surface area (Å²) >= 11 is 1.38. The predicted octanol–water partition coefficient (Wildman–Crippen LogP) is 4.26. The fourth-order valence-corrected chi connectivity index (χ4v) is 3.84. The van der Waals surface area contributed by atoms with Gasteiger partial charge in [-0.2, -0.15) is 0 Å². The molecule has 4 aromatic rings. The number of carbonyl (C=O) groups excluding carboxylic acids is 1. The lowest BCUT2D eigenvalue weighted by Crippen LogP contribution is -2.33. The highest BCUT2D eigenvalue weighted by Gasteiger charge is 2.17. The highest BCUT2D eigenvalue weighted by atomic mass is 32.2. The summed E-state index contributed by atoms with van der Waals surface area (Å²) in [6, 6.07) is 16.3. The predicted molar refractivity (Wildman–Crippen MR) is 117 cm³/mol. The molecule has 0 aliphatic heterocycles. The molecule has 0 radical (unpaired) electrons. The fourth-order valence-electron chi connectivity index (χ4n) is 3.10. The Hall–Kier alpha value is -2.93. The molecule has 2 aromatic heterocycles. The second-order valence-electron chi connectivity index (χ2n) is 7.13. The van der Waals surface area contributed by atoms with Gasteiger partial charge in [-0.05, 0) is 32.4 Å². The number of para-hydroxylation sites is 1. The number of fused-ring (bicyclic) bond motifs is 3. The summed E-state index contributed by atoms with van der Waals surface area (Å²) < 4.78 is 1.95. The lowest BCUT2D eigenvalue weighted by atomic mass is 10.1. The minimum absolute atomic E-state index is 0.00765. The van der Waals surface area contributed by atoms with Crippen molar-refractivity contribution in [3.63, 3.8) is 0 Å². The van der Waals surface area contributed by atoms with E-state index in [1.165, 1.54) is 17.3 Å². The van der Waals surface area contributed by atoms with Crippen LogP contribution in [0.2, 0.25) is 0 Å². The number of carbonyl (C=O) groups is 1. The monoisotopic (exact) mass is 405 g/mol. The molecule has 6 nitrogen and oxygen atoms in total. The van der Waals surface area contributed by atoms with E-state index in [-0.39, 0.29) is 17.7 Å². The molecule has 0 saturated heterocycles. The van der Waals surface area contributed by atoms with Crippen molar-refractivity contribution >= 4 is 34.2 Å².